The van der Waals surface area contributed by atoms with Gasteiger partial charge in [-0.1, -0.05) is 24.1 Å². The maximum atomic E-state index is 16.3. The maximum Gasteiger partial charge on any atom is 0.324 e. The van der Waals surface area contributed by atoms with Crippen LogP contribution in [-0.4, -0.2) is 84.4 Å². The third-order valence-corrected chi connectivity index (χ3v) is 10.2. The van der Waals surface area contributed by atoms with E-state index in [-0.39, 0.29) is 23.7 Å². The van der Waals surface area contributed by atoms with Crippen LogP contribution in [0.2, 0.25) is 0 Å². The number of anilines is 2. The molecule has 13 nitrogen and oxygen atoms in total. The van der Waals surface area contributed by atoms with Crippen molar-refractivity contribution in [1.82, 2.24) is 23.6 Å². The number of carbonyl (C=O) groups excluding carboxylic acids is 1. The highest BCUT2D eigenvalue weighted by atomic mass is 32.2. The van der Waals surface area contributed by atoms with Gasteiger partial charge >= 0.3 is 5.97 Å². The SMILES string of the molecule is C#C[C@@]1(F)[C@H](O)[C@@H](CO[PH](=O)N(Sc2ccccc2)[C@@H](C)C(=O)OC(C)C)O[C@H]1n1cnc2c(N(C)C3CC3)nc(N)nc21. The molecule has 16 heteroatoms. The van der Waals surface area contributed by atoms with E-state index < -0.39 is 50.9 Å². The lowest BCUT2D eigenvalue weighted by atomic mass is 9.97. The predicted molar refractivity (Wildman–Crippen MR) is 164 cm³/mol. The van der Waals surface area contributed by atoms with Crippen LogP contribution >= 0.6 is 20.1 Å². The van der Waals surface area contributed by atoms with Crippen LogP contribution in [0.5, 0.6) is 0 Å². The van der Waals surface area contributed by atoms with E-state index in [0.717, 1.165) is 24.8 Å². The number of aromatic nitrogens is 4. The number of hydrogen-bond donors (Lipinski definition) is 2. The molecule has 0 spiro atoms. The largest absolute Gasteiger partial charge is 0.462 e. The Hall–Kier alpha value is -3.25. The number of nitrogens with two attached hydrogens (primary N) is 1. The van der Waals surface area contributed by atoms with Crippen molar-refractivity contribution in [1.29, 1.82) is 0 Å². The summed E-state index contributed by atoms with van der Waals surface area (Å²) < 4.78 is 49.3. The van der Waals surface area contributed by atoms with E-state index >= 15 is 4.39 Å². The molecule has 3 heterocycles. The highest BCUT2D eigenvalue weighted by molar-refractivity contribution is 8.00. The molecular formula is C28H35FN7O6PS. The Morgan fingerprint density at radius 2 is 2.05 bits per heavy atom. The fourth-order valence-electron chi connectivity index (χ4n) is 4.79. The molecular weight excluding hydrogens is 612 g/mol. The van der Waals surface area contributed by atoms with Gasteiger partial charge in [-0.25, -0.2) is 9.37 Å². The van der Waals surface area contributed by atoms with Gasteiger partial charge in [-0.15, -0.1) is 6.42 Å². The molecule has 1 saturated heterocycles. The lowest BCUT2D eigenvalue weighted by Crippen LogP contribution is -2.42. The second-order valence-corrected chi connectivity index (χ2v) is 13.6. The van der Waals surface area contributed by atoms with Gasteiger partial charge in [0.05, 0.1) is 19.0 Å². The van der Waals surface area contributed by atoms with E-state index in [1.54, 1.807) is 45.0 Å². The molecule has 236 valence electrons. The van der Waals surface area contributed by atoms with Crippen molar-refractivity contribution in [3.63, 3.8) is 0 Å². The number of nitrogen functional groups attached to an aromatic ring is 1. The van der Waals surface area contributed by atoms with Gasteiger partial charge in [0, 0.05) is 18.0 Å². The van der Waals surface area contributed by atoms with Gasteiger partial charge in [-0.2, -0.15) is 14.0 Å². The normalized spacial score (nSPS) is 24.8. The number of fused-ring (bicyclic) bond motifs is 1. The Kier molecular flexibility index (Phi) is 9.50. The summed E-state index contributed by atoms with van der Waals surface area (Å²) in [4.78, 5) is 28.3. The number of halogens is 1. The lowest BCUT2D eigenvalue weighted by Gasteiger charge is -2.27. The Morgan fingerprint density at radius 3 is 2.68 bits per heavy atom. The lowest BCUT2D eigenvalue weighted by molar-refractivity contribution is -0.150. The molecule has 0 radical (unpaired) electrons. The second-order valence-electron chi connectivity index (χ2n) is 10.9. The smallest absolute Gasteiger partial charge is 0.324 e. The van der Waals surface area contributed by atoms with Gasteiger partial charge in [0.2, 0.25) is 11.6 Å². The standard InChI is InChI=1S/C28H35FN7O6PS/c1-6-28(29)22(37)20(14-40-43(39)36(17(4)25(38)41-16(2)3)44-19-10-8-7-9-11-19)42-26(28)35-15-31-21-23(34(5)18-12-13-18)32-27(30)33-24(21)35/h1,7-11,15-18,20,22,26,37,43H,12-14H2,2-5H3,(H2,30,32,33)/t17-,20+,22+,26+,28+/m0/s1. The van der Waals surface area contributed by atoms with Crippen LogP contribution in [0.15, 0.2) is 41.6 Å². The first-order valence-electron chi connectivity index (χ1n) is 14.1. The van der Waals surface area contributed by atoms with E-state index in [2.05, 4.69) is 15.0 Å². The highest BCUT2D eigenvalue weighted by Gasteiger charge is 2.58. The number of aliphatic hydroxyl groups excluding tert-OH is 1. The van der Waals surface area contributed by atoms with Crippen LogP contribution in [0.3, 0.4) is 0 Å². The Bertz CT molecular complexity index is 1570. The van der Waals surface area contributed by atoms with E-state index in [4.69, 9.17) is 26.2 Å². The quantitative estimate of drug-likeness (QED) is 0.128. The first kappa shape index (κ1) is 32.2. The third kappa shape index (κ3) is 6.42. The van der Waals surface area contributed by atoms with Gasteiger partial charge in [-0.3, -0.25) is 13.9 Å². The number of benzene rings is 1. The number of ether oxygens (including phenoxy) is 2. The van der Waals surface area contributed by atoms with Crippen molar-refractivity contribution in [2.24, 2.45) is 0 Å². The Labute approximate surface area is 259 Å². The van der Waals surface area contributed by atoms with Crippen LogP contribution in [0.1, 0.15) is 39.8 Å². The molecule has 44 heavy (non-hydrogen) atoms. The zero-order chi connectivity index (χ0) is 31.8. The fourth-order valence-corrected chi connectivity index (χ4v) is 7.17. The minimum atomic E-state index is -3.17. The summed E-state index contributed by atoms with van der Waals surface area (Å²) in [6.07, 6.45) is 3.74. The average molecular weight is 648 g/mol. The maximum absolute atomic E-state index is 16.3. The van der Waals surface area contributed by atoms with E-state index in [1.165, 1.54) is 15.0 Å². The highest BCUT2D eigenvalue weighted by Crippen LogP contribution is 2.46. The number of imidazole rings is 1. The second kappa shape index (κ2) is 13.0. The molecule has 0 amide bonds. The third-order valence-electron chi connectivity index (χ3n) is 7.31. The van der Waals surface area contributed by atoms with Crippen molar-refractivity contribution in [3.05, 3.63) is 36.7 Å². The number of nitrogens with zero attached hydrogens (tertiary/aromatic N) is 6. The molecule has 1 aliphatic carbocycles. The topological polar surface area (TPSA) is 158 Å². The van der Waals surface area contributed by atoms with Crippen LogP contribution in [0.4, 0.5) is 16.2 Å². The molecule has 5 rings (SSSR count). The molecule has 6 atom stereocenters. The van der Waals surface area contributed by atoms with Crippen molar-refractivity contribution in [2.75, 3.05) is 24.3 Å². The minimum absolute atomic E-state index is 0.0509. The molecule has 1 aromatic carbocycles. The molecule has 0 bridgehead atoms. The van der Waals surface area contributed by atoms with Gasteiger partial charge in [0.1, 0.15) is 18.2 Å². The minimum Gasteiger partial charge on any atom is -0.462 e. The van der Waals surface area contributed by atoms with Crippen LogP contribution < -0.4 is 10.6 Å². The predicted octanol–water partition coefficient (Wildman–Crippen LogP) is 3.36. The number of aliphatic hydroxyl groups is 1. The first-order valence-corrected chi connectivity index (χ1v) is 16.1. The van der Waals surface area contributed by atoms with Crippen LogP contribution in [0.25, 0.3) is 11.2 Å². The number of carbonyl (C=O) groups is 1. The van der Waals surface area contributed by atoms with Gasteiger partial charge in [0.15, 0.2) is 23.2 Å². The number of esters is 1. The van der Waals surface area contributed by atoms with Crippen molar-refractivity contribution < 1.29 is 32.9 Å². The number of hydrogen-bond acceptors (Lipinski definition) is 12. The summed E-state index contributed by atoms with van der Waals surface area (Å²) in [5.74, 6) is 1.85. The molecule has 1 unspecified atom stereocenters. The van der Waals surface area contributed by atoms with Crippen LogP contribution in [-0.2, 0) is 23.4 Å². The number of rotatable bonds is 12. The molecule has 3 aromatic rings. The summed E-state index contributed by atoms with van der Waals surface area (Å²) in [7, 11) is -1.30. The van der Waals surface area contributed by atoms with E-state index in [9.17, 15) is 14.5 Å². The fraction of sp³-hybridized carbons (Fsp3) is 0.500. The first-order chi connectivity index (χ1) is 20.9. The zero-order valence-electron chi connectivity index (χ0n) is 24.7. The number of terminal acetylenes is 1. The monoisotopic (exact) mass is 647 g/mol. The van der Waals surface area contributed by atoms with Gasteiger partial charge in [0.25, 0.3) is 8.18 Å². The Morgan fingerprint density at radius 1 is 1.34 bits per heavy atom. The molecule has 1 aliphatic heterocycles. The summed E-state index contributed by atoms with van der Waals surface area (Å²) in [5.41, 5.74) is 3.81. The summed E-state index contributed by atoms with van der Waals surface area (Å²) in [6, 6.07) is 8.30. The Balaban J connectivity index is 1.37. The molecule has 1 saturated carbocycles. The van der Waals surface area contributed by atoms with Gasteiger partial charge < -0.3 is 29.7 Å². The van der Waals surface area contributed by atoms with E-state index in [0.29, 0.717) is 16.2 Å². The van der Waals surface area contributed by atoms with Crippen molar-refractivity contribution in [3.8, 4) is 12.3 Å². The summed E-state index contributed by atoms with van der Waals surface area (Å²) in [5, 5.41) is 11.0. The van der Waals surface area contributed by atoms with Crippen LogP contribution in [0, 0.1) is 12.3 Å². The zero-order valence-corrected chi connectivity index (χ0v) is 26.5. The van der Waals surface area contributed by atoms with Crippen molar-refractivity contribution >= 4 is 49.0 Å². The van der Waals surface area contributed by atoms with Gasteiger partial charge in [-0.05, 0) is 57.7 Å². The average Bonchev–Trinajstić information content (AvgIpc) is 3.73. The summed E-state index contributed by atoms with van der Waals surface area (Å²) >= 11 is 1.05. The van der Waals surface area contributed by atoms with Crippen molar-refractivity contribution in [2.45, 2.75) is 80.8 Å². The van der Waals surface area contributed by atoms with E-state index in [1.807, 2.05) is 23.9 Å². The molecule has 2 aliphatic rings. The molecule has 2 fully saturated rings. The molecule has 3 N–H and O–H groups in total. The summed E-state index contributed by atoms with van der Waals surface area (Å²) in [6.45, 7) is 4.46. The molecule has 2 aromatic heterocycles. The number of alkyl halides is 1.